The van der Waals surface area contributed by atoms with Crippen molar-refractivity contribution in [3.05, 3.63) is 94.2 Å². The van der Waals surface area contributed by atoms with Crippen molar-refractivity contribution in [2.45, 2.75) is 39.0 Å². The SMILES string of the molecule is Cc1ccc(CN2C(=O)c3cc4ccsc4n3C[C@@]2(C)C(=O)NCc2ccc(F)cc2)cc1. The molecule has 0 unspecified atom stereocenters. The van der Waals surface area contributed by atoms with Gasteiger partial charge in [-0.15, -0.1) is 11.3 Å². The molecule has 4 aromatic rings. The molecule has 2 aromatic heterocycles. The lowest BCUT2D eigenvalue weighted by atomic mass is 9.93. The maximum absolute atomic E-state index is 13.7. The number of benzene rings is 2. The second kappa shape index (κ2) is 8.15. The molecule has 0 saturated heterocycles. The van der Waals surface area contributed by atoms with Crippen molar-refractivity contribution in [3.63, 3.8) is 0 Å². The first-order chi connectivity index (χ1) is 15.8. The van der Waals surface area contributed by atoms with Gasteiger partial charge in [0.2, 0.25) is 5.91 Å². The second-order valence-corrected chi connectivity index (χ2v) is 9.65. The van der Waals surface area contributed by atoms with Gasteiger partial charge in [0.1, 0.15) is 21.9 Å². The first-order valence-corrected chi connectivity index (χ1v) is 11.7. The molecule has 7 heteroatoms. The highest BCUT2D eigenvalue weighted by Crippen LogP contribution is 2.35. The molecule has 5 rings (SSSR count). The Hall–Kier alpha value is -3.45. The van der Waals surface area contributed by atoms with E-state index in [9.17, 15) is 14.0 Å². The van der Waals surface area contributed by atoms with Crippen LogP contribution >= 0.6 is 11.3 Å². The van der Waals surface area contributed by atoms with Gasteiger partial charge in [0.15, 0.2) is 0 Å². The maximum Gasteiger partial charge on any atom is 0.271 e. The molecular weight excluding hydrogens is 437 g/mol. The van der Waals surface area contributed by atoms with Crippen LogP contribution in [0.5, 0.6) is 0 Å². The number of nitrogens with zero attached hydrogens (tertiary/aromatic N) is 2. The highest BCUT2D eigenvalue weighted by molar-refractivity contribution is 7.16. The summed E-state index contributed by atoms with van der Waals surface area (Å²) in [5.74, 6) is -0.722. The third-order valence-electron chi connectivity index (χ3n) is 6.35. The van der Waals surface area contributed by atoms with Crippen LogP contribution in [-0.4, -0.2) is 26.8 Å². The minimum absolute atomic E-state index is 0.162. The van der Waals surface area contributed by atoms with Gasteiger partial charge < -0.3 is 14.8 Å². The number of carbonyl (C=O) groups excluding carboxylic acids is 2. The van der Waals surface area contributed by atoms with Gasteiger partial charge in [0.05, 0.1) is 6.54 Å². The van der Waals surface area contributed by atoms with E-state index in [1.165, 1.54) is 12.1 Å². The topological polar surface area (TPSA) is 54.3 Å². The molecule has 2 aromatic carbocycles. The van der Waals surface area contributed by atoms with Gasteiger partial charge in [-0.2, -0.15) is 0 Å². The van der Waals surface area contributed by atoms with Crippen molar-refractivity contribution in [1.29, 1.82) is 0 Å². The van der Waals surface area contributed by atoms with E-state index < -0.39 is 5.54 Å². The smallest absolute Gasteiger partial charge is 0.271 e. The molecule has 2 amide bonds. The molecule has 0 fully saturated rings. The molecule has 168 valence electrons. The largest absolute Gasteiger partial charge is 0.350 e. The summed E-state index contributed by atoms with van der Waals surface area (Å²) in [6, 6.07) is 17.9. The summed E-state index contributed by atoms with van der Waals surface area (Å²) in [6.07, 6.45) is 0. The fourth-order valence-corrected chi connectivity index (χ4v) is 5.25. The summed E-state index contributed by atoms with van der Waals surface area (Å²) in [4.78, 5) is 29.9. The van der Waals surface area contributed by atoms with Crippen molar-refractivity contribution in [2.24, 2.45) is 0 Å². The number of hydrogen-bond donors (Lipinski definition) is 1. The third-order valence-corrected chi connectivity index (χ3v) is 7.30. The molecule has 0 radical (unpaired) electrons. The van der Waals surface area contributed by atoms with E-state index in [-0.39, 0.29) is 24.2 Å². The number of amides is 2. The molecule has 0 aliphatic carbocycles. The van der Waals surface area contributed by atoms with E-state index in [0.29, 0.717) is 18.8 Å². The monoisotopic (exact) mass is 461 g/mol. The minimum atomic E-state index is -1.09. The number of carbonyl (C=O) groups is 2. The number of fused-ring (bicyclic) bond motifs is 3. The van der Waals surface area contributed by atoms with Gasteiger partial charge in [-0.3, -0.25) is 9.59 Å². The van der Waals surface area contributed by atoms with Crippen LogP contribution in [0.4, 0.5) is 4.39 Å². The number of halogens is 1. The number of hydrogen-bond acceptors (Lipinski definition) is 3. The molecule has 33 heavy (non-hydrogen) atoms. The fourth-order valence-electron chi connectivity index (χ4n) is 4.36. The van der Waals surface area contributed by atoms with Gasteiger partial charge in [-0.1, -0.05) is 42.0 Å². The average Bonchev–Trinajstić information content (AvgIpc) is 3.40. The van der Waals surface area contributed by atoms with E-state index in [2.05, 4.69) is 5.32 Å². The number of thiophene rings is 1. The van der Waals surface area contributed by atoms with Crippen molar-refractivity contribution in [3.8, 4) is 0 Å². The zero-order chi connectivity index (χ0) is 23.2. The van der Waals surface area contributed by atoms with E-state index >= 15 is 0 Å². The van der Waals surface area contributed by atoms with Crippen LogP contribution < -0.4 is 5.32 Å². The van der Waals surface area contributed by atoms with Crippen LogP contribution in [-0.2, 0) is 24.4 Å². The fraction of sp³-hybridized carbons (Fsp3) is 0.231. The lowest BCUT2D eigenvalue weighted by Crippen LogP contribution is -2.63. The zero-order valence-electron chi connectivity index (χ0n) is 18.5. The Morgan fingerprint density at radius 2 is 1.79 bits per heavy atom. The van der Waals surface area contributed by atoms with Crippen LogP contribution in [0.25, 0.3) is 10.2 Å². The van der Waals surface area contributed by atoms with Crippen molar-refractivity contribution < 1.29 is 14.0 Å². The Morgan fingerprint density at radius 3 is 2.52 bits per heavy atom. The summed E-state index contributed by atoms with van der Waals surface area (Å²) in [7, 11) is 0. The summed E-state index contributed by atoms with van der Waals surface area (Å²) < 4.78 is 15.2. The van der Waals surface area contributed by atoms with Gasteiger partial charge in [0.25, 0.3) is 5.91 Å². The molecule has 0 spiro atoms. The summed E-state index contributed by atoms with van der Waals surface area (Å²) in [6.45, 7) is 4.79. The van der Waals surface area contributed by atoms with Crippen LogP contribution in [0.15, 0.2) is 66.0 Å². The van der Waals surface area contributed by atoms with Crippen molar-refractivity contribution in [2.75, 3.05) is 0 Å². The number of nitrogens with one attached hydrogen (secondary N) is 1. The Balaban J connectivity index is 1.49. The van der Waals surface area contributed by atoms with Crippen LogP contribution in [0, 0.1) is 12.7 Å². The predicted octanol–water partition coefficient (Wildman–Crippen LogP) is 4.88. The summed E-state index contributed by atoms with van der Waals surface area (Å²) in [5.41, 5.74) is 2.41. The molecule has 1 N–H and O–H groups in total. The second-order valence-electron chi connectivity index (χ2n) is 8.76. The normalized spacial score (nSPS) is 17.9. The maximum atomic E-state index is 13.7. The summed E-state index contributed by atoms with van der Waals surface area (Å²) in [5, 5.41) is 5.98. The minimum Gasteiger partial charge on any atom is -0.350 e. The van der Waals surface area contributed by atoms with E-state index in [1.54, 1.807) is 28.4 Å². The van der Waals surface area contributed by atoms with Gasteiger partial charge in [-0.05, 0) is 54.6 Å². The van der Waals surface area contributed by atoms with Gasteiger partial charge >= 0.3 is 0 Å². The van der Waals surface area contributed by atoms with Crippen LogP contribution in [0.1, 0.15) is 34.1 Å². The molecule has 0 bridgehead atoms. The first-order valence-electron chi connectivity index (χ1n) is 10.8. The van der Waals surface area contributed by atoms with Gasteiger partial charge in [0, 0.05) is 18.5 Å². The predicted molar refractivity (Wildman–Crippen MR) is 128 cm³/mol. The molecule has 1 aliphatic heterocycles. The first kappa shape index (κ1) is 21.4. The van der Waals surface area contributed by atoms with E-state index in [1.807, 2.05) is 60.2 Å². The van der Waals surface area contributed by atoms with E-state index in [4.69, 9.17) is 0 Å². The average molecular weight is 462 g/mol. The number of aryl methyl sites for hydroxylation is 1. The van der Waals surface area contributed by atoms with Crippen molar-refractivity contribution in [1.82, 2.24) is 14.8 Å². The Bertz CT molecular complexity index is 1340. The molecule has 5 nitrogen and oxygen atoms in total. The third kappa shape index (κ3) is 3.82. The molecule has 3 heterocycles. The van der Waals surface area contributed by atoms with Crippen molar-refractivity contribution >= 4 is 33.4 Å². The number of rotatable bonds is 5. The molecule has 1 atom stereocenters. The van der Waals surface area contributed by atoms with Gasteiger partial charge in [-0.25, -0.2) is 4.39 Å². The summed E-state index contributed by atoms with van der Waals surface area (Å²) >= 11 is 1.57. The lowest BCUT2D eigenvalue weighted by Gasteiger charge is -2.44. The number of aromatic nitrogens is 1. The Morgan fingerprint density at radius 1 is 1.09 bits per heavy atom. The van der Waals surface area contributed by atoms with E-state index in [0.717, 1.165) is 26.9 Å². The zero-order valence-corrected chi connectivity index (χ0v) is 19.3. The Labute approximate surface area is 195 Å². The molecule has 0 saturated carbocycles. The molecule has 1 aliphatic rings. The lowest BCUT2D eigenvalue weighted by molar-refractivity contribution is -0.133. The highest BCUT2D eigenvalue weighted by atomic mass is 32.1. The highest BCUT2D eigenvalue weighted by Gasteiger charge is 2.47. The quantitative estimate of drug-likeness (QED) is 0.461. The Kier molecular flexibility index (Phi) is 5.29. The van der Waals surface area contributed by atoms with Crippen LogP contribution in [0.3, 0.4) is 0 Å². The van der Waals surface area contributed by atoms with Crippen LogP contribution in [0.2, 0.25) is 0 Å². The molecular formula is C26H24FN3O2S. The standard InChI is InChI=1S/C26H24FN3O2S/c1-17-3-5-19(6-4-17)15-30-23(31)22-13-20-11-12-33-24(20)29(22)16-26(30,2)25(32)28-14-18-7-9-21(27)10-8-18/h3-13H,14-16H2,1-2H3,(H,28,32)/t26-/m0/s1.